The predicted octanol–water partition coefficient (Wildman–Crippen LogP) is 4.71. The van der Waals surface area contributed by atoms with Crippen molar-refractivity contribution in [1.29, 1.82) is 0 Å². The molecule has 0 saturated carbocycles. The normalized spacial score (nSPS) is 18.1. The van der Waals surface area contributed by atoms with Gasteiger partial charge in [-0.3, -0.25) is 4.79 Å². The second-order valence-electron chi connectivity index (χ2n) is 6.41. The fourth-order valence-corrected chi connectivity index (χ4v) is 3.29. The fraction of sp³-hybridized carbons (Fsp3) is 0.500. The Morgan fingerprint density at radius 1 is 1.25 bits per heavy atom. The molecule has 1 aromatic rings. The van der Waals surface area contributed by atoms with Crippen LogP contribution in [0.5, 0.6) is 5.75 Å². The molecule has 0 aliphatic heterocycles. The lowest BCUT2D eigenvalue weighted by Gasteiger charge is -2.33. The van der Waals surface area contributed by atoms with Crippen LogP contribution in [0.25, 0.3) is 0 Å². The number of ketones is 1. The number of hydrogen-bond acceptors (Lipinski definition) is 2. The third-order valence-corrected chi connectivity index (χ3v) is 4.34. The minimum absolute atomic E-state index is 0.0206. The van der Waals surface area contributed by atoms with E-state index in [-0.39, 0.29) is 11.2 Å². The minimum atomic E-state index is -0.0206. The van der Waals surface area contributed by atoms with Gasteiger partial charge in [0.1, 0.15) is 5.75 Å². The Hall–Kier alpha value is -1.57. The van der Waals surface area contributed by atoms with Crippen molar-refractivity contribution in [1.82, 2.24) is 0 Å². The zero-order valence-electron chi connectivity index (χ0n) is 13.2. The molecule has 0 heterocycles. The summed E-state index contributed by atoms with van der Waals surface area (Å²) in [5.41, 5.74) is 4.01. The molecular weight excluding hydrogens is 248 g/mol. The monoisotopic (exact) mass is 272 g/mol. The van der Waals surface area contributed by atoms with Crippen molar-refractivity contribution >= 4 is 5.78 Å². The van der Waals surface area contributed by atoms with E-state index in [2.05, 4.69) is 20.8 Å². The number of aryl methyl sites for hydroxylation is 1. The Morgan fingerprint density at radius 2 is 1.95 bits per heavy atom. The summed E-state index contributed by atoms with van der Waals surface area (Å²) in [5.74, 6) is 1.01. The highest BCUT2D eigenvalue weighted by molar-refractivity contribution is 6.10. The maximum atomic E-state index is 12.9. The lowest BCUT2D eigenvalue weighted by Crippen LogP contribution is -2.26. The summed E-state index contributed by atoms with van der Waals surface area (Å²) in [6, 6.07) is 5.69. The Morgan fingerprint density at radius 3 is 2.50 bits per heavy atom. The number of ether oxygens (including phenoxy) is 1. The van der Waals surface area contributed by atoms with Gasteiger partial charge in [0.05, 0.1) is 7.11 Å². The average molecular weight is 272 g/mol. The van der Waals surface area contributed by atoms with Crippen LogP contribution in [0.2, 0.25) is 0 Å². The number of hydrogen-bond donors (Lipinski definition) is 0. The van der Waals surface area contributed by atoms with Crippen molar-refractivity contribution in [3.05, 3.63) is 40.5 Å². The third-order valence-electron chi connectivity index (χ3n) is 4.34. The van der Waals surface area contributed by atoms with Crippen LogP contribution in [-0.4, -0.2) is 12.9 Å². The van der Waals surface area contributed by atoms with Gasteiger partial charge in [0, 0.05) is 11.1 Å². The molecule has 0 amide bonds. The topological polar surface area (TPSA) is 26.3 Å². The highest BCUT2D eigenvalue weighted by Crippen LogP contribution is 2.41. The summed E-state index contributed by atoms with van der Waals surface area (Å²) in [6.45, 7) is 8.44. The highest BCUT2D eigenvalue weighted by Gasteiger charge is 2.33. The first-order valence-electron chi connectivity index (χ1n) is 7.26. The van der Waals surface area contributed by atoms with Gasteiger partial charge in [-0.1, -0.05) is 19.4 Å². The summed E-state index contributed by atoms with van der Waals surface area (Å²) in [5, 5.41) is 0. The molecule has 2 heteroatoms. The van der Waals surface area contributed by atoms with Crippen molar-refractivity contribution in [2.24, 2.45) is 5.41 Å². The quantitative estimate of drug-likeness (QED) is 0.745. The number of methoxy groups -OCH3 is 1. The second kappa shape index (κ2) is 5.43. The van der Waals surface area contributed by atoms with Crippen molar-refractivity contribution in [2.45, 2.75) is 47.0 Å². The summed E-state index contributed by atoms with van der Waals surface area (Å²) in [6.07, 6.45) is 3.30. The molecule has 1 aliphatic rings. The molecule has 20 heavy (non-hydrogen) atoms. The molecule has 1 aliphatic carbocycles. The fourth-order valence-electron chi connectivity index (χ4n) is 3.29. The molecule has 0 radical (unpaired) electrons. The maximum absolute atomic E-state index is 12.9. The molecular formula is C18H24O2. The molecule has 0 unspecified atom stereocenters. The van der Waals surface area contributed by atoms with Crippen LogP contribution >= 0.6 is 0 Å². The number of carbonyl (C=O) groups is 1. The Bertz CT molecular complexity index is 565. The molecule has 0 N–H and O–H groups in total. The molecule has 0 aromatic heterocycles. The van der Waals surface area contributed by atoms with Gasteiger partial charge in [0.2, 0.25) is 0 Å². The largest absolute Gasteiger partial charge is 0.496 e. The van der Waals surface area contributed by atoms with E-state index in [0.717, 1.165) is 35.3 Å². The molecule has 0 atom stereocenters. The molecule has 2 rings (SSSR count). The van der Waals surface area contributed by atoms with Crippen LogP contribution in [0, 0.1) is 12.3 Å². The van der Waals surface area contributed by atoms with Gasteiger partial charge < -0.3 is 4.74 Å². The first kappa shape index (κ1) is 14.8. The van der Waals surface area contributed by atoms with Gasteiger partial charge in [-0.05, 0) is 62.3 Å². The number of allylic oxidation sites excluding steroid dienone is 2. The van der Waals surface area contributed by atoms with Gasteiger partial charge in [-0.25, -0.2) is 0 Å². The Labute approximate surface area is 121 Å². The van der Waals surface area contributed by atoms with Crippen LogP contribution < -0.4 is 4.74 Å². The highest BCUT2D eigenvalue weighted by atomic mass is 16.5. The van der Waals surface area contributed by atoms with Crippen molar-refractivity contribution in [3.8, 4) is 5.75 Å². The molecule has 108 valence electrons. The molecule has 2 nitrogen and oxygen atoms in total. The standard InChI is InChI=1S/C18H24O2/c1-12-7-6-10-18(3,4)16(12)17(19)14-8-9-15(20-5)13(2)11-14/h8-9,11H,6-7,10H2,1-5H3. The first-order valence-corrected chi connectivity index (χ1v) is 7.26. The summed E-state index contributed by atoms with van der Waals surface area (Å²) >= 11 is 0. The lowest BCUT2D eigenvalue weighted by atomic mass is 9.70. The van der Waals surface area contributed by atoms with Gasteiger partial charge in [0.15, 0.2) is 5.78 Å². The van der Waals surface area contributed by atoms with Crippen LogP contribution in [0.15, 0.2) is 29.3 Å². The number of rotatable bonds is 3. The van der Waals surface area contributed by atoms with Gasteiger partial charge in [-0.2, -0.15) is 0 Å². The van der Waals surface area contributed by atoms with E-state index < -0.39 is 0 Å². The van der Waals surface area contributed by atoms with E-state index in [1.54, 1.807) is 7.11 Å². The summed E-state index contributed by atoms with van der Waals surface area (Å²) in [4.78, 5) is 12.9. The predicted molar refractivity (Wildman–Crippen MR) is 82.4 cm³/mol. The van der Waals surface area contributed by atoms with Crippen molar-refractivity contribution < 1.29 is 9.53 Å². The van der Waals surface area contributed by atoms with E-state index >= 15 is 0 Å². The molecule has 0 saturated heterocycles. The van der Waals surface area contributed by atoms with Gasteiger partial charge in [0.25, 0.3) is 0 Å². The average Bonchev–Trinajstić information content (AvgIpc) is 2.37. The molecule has 1 aromatic carbocycles. The number of Topliss-reactive ketones (excluding diaryl/α,β-unsaturated/α-hetero) is 1. The summed E-state index contributed by atoms with van der Waals surface area (Å²) < 4.78 is 5.26. The molecule has 0 fully saturated rings. The Balaban J connectivity index is 2.43. The Kier molecular flexibility index (Phi) is 4.03. The molecule has 0 bridgehead atoms. The van der Waals surface area contributed by atoms with E-state index in [9.17, 15) is 4.79 Å². The summed E-state index contributed by atoms with van der Waals surface area (Å²) in [7, 11) is 1.65. The van der Waals surface area contributed by atoms with Crippen LogP contribution in [0.4, 0.5) is 0 Å². The maximum Gasteiger partial charge on any atom is 0.189 e. The smallest absolute Gasteiger partial charge is 0.189 e. The van der Waals surface area contributed by atoms with E-state index in [4.69, 9.17) is 4.74 Å². The van der Waals surface area contributed by atoms with Crippen LogP contribution in [-0.2, 0) is 0 Å². The second-order valence-corrected chi connectivity index (χ2v) is 6.41. The van der Waals surface area contributed by atoms with E-state index in [1.807, 2.05) is 25.1 Å². The van der Waals surface area contributed by atoms with Crippen LogP contribution in [0.1, 0.15) is 56.0 Å². The number of benzene rings is 1. The first-order chi connectivity index (χ1) is 9.36. The van der Waals surface area contributed by atoms with E-state index in [0.29, 0.717) is 0 Å². The van der Waals surface area contributed by atoms with Gasteiger partial charge in [-0.15, -0.1) is 0 Å². The van der Waals surface area contributed by atoms with Crippen molar-refractivity contribution in [3.63, 3.8) is 0 Å². The number of carbonyl (C=O) groups excluding carboxylic acids is 1. The third kappa shape index (κ3) is 2.65. The lowest BCUT2D eigenvalue weighted by molar-refractivity contribution is 0.0997. The van der Waals surface area contributed by atoms with Crippen molar-refractivity contribution in [2.75, 3.05) is 7.11 Å². The van der Waals surface area contributed by atoms with E-state index in [1.165, 1.54) is 12.0 Å². The van der Waals surface area contributed by atoms with Crippen LogP contribution in [0.3, 0.4) is 0 Å². The minimum Gasteiger partial charge on any atom is -0.496 e. The zero-order chi connectivity index (χ0) is 14.9. The van der Waals surface area contributed by atoms with Gasteiger partial charge >= 0.3 is 0 Å². The molecule has 0 spiro atoms. The SMILES string of the molecule is COc1ccc(C(=O)C2=C(C)CCCC2(C)C)cc1C. The zero-order valence-corrected chi connectivity index (χ0v) is 13.2.